The second-order valence-corrected chi connectivity index (χ2v) is 3.00. The summed E-state index contributed by atoms with van der Waals surface area (Å²) in [4.78, 5) is 12.1. The van der Waals surface area contributed by atoms with Crippen LogP contribution in [-0.2, 0) is 6.54 Å². The van der Waals surface area contributed by atoms with Gasteiger partial charge in [-0.1, -0.05) is 0 Å². The first-order chi connectivity index (χ1) is 4.74. The zero-order valence-electron chi connectivity index (χ0n) is 5.33. The van der Waals surface area contributed by atoms with Crippen molar-refractivity contribution in [3.8, 4) is 0 Å². The van der Waals surface area contributed by atoms with Gasteiger partial charge in [0.2, 0.25) is 0 Å². The summed E-state index contributed by atoms with van der Waals surface area (Å²) in [5, 5.41) is 0. The minimum absolute atomic E-state index is 0.385. The lowest BCUT2D eigenvalue weighted by Gasteiger charge is -1.84. The molecule has 1 heterocycles. The molecule has 0 spiro atoms. The van der Waals surface area contributed by atoms with E-state index in [2.05, 4.69) is 0 Å². The van der Waals surface area contributed by atoms with E-state index in [4.69, 9.17) is 11.5 Å². The van der Waals surface area contributed by atoms with Gasteiger partial charge in [-0.25, -0.2) is 0 Å². The van der Waals surface area contributed by atoms with Crippen molar-refractivity contribution in [3.63, 3.8) is 0 Å². The molecule has 4 heteroatoms. The van der Waals surface area contributed by atoms with Crippen LogP contribution in [0.5, 0.6) is 0 Å². The summed E-state index contributed by atoms with van der Waals surface area (Å²) in [7, 11) is 0. The van der Waals surface area contributed by atoms with Gasteiger partial charge in [0, 0.05) is 11.4 Å². The van der Waals surface area contributed by atoms with E-state index in [9.17, 15) is 4.79 Å². The number of thiophene rings is 1. The van der Waals surface area contributed by atoms with Gasteiger partial charge in [-0.2, -0.15) is 0 Å². The molecule has 1 aromatic rings. The van der Waals surface area contributed by atoms with Gasteiger partial charge >= 0.3 is 0 Å². The van der Waals surface area contributed by atoms with Crippen LogP contribution in [0.4, 0.5) is 0 Å². The molecule has 0 aliphatic heterocycles. The summed E-state index contributed by atoms with van der Waals surface area (Å²) in [6.45, 7) is 0.470. The molecule has 1 amide bonds. The summed E-state index contributed by atoms with van der Waals surface area (Å²) in [6.07, 6.45) is 0. The van der Waals surface area contributed by atoms with E-state index in [1.54, 1.807) is 6.07 Å². The lowest BCUT2D eigenvalue weighted by molar-refractivity contribution is 0.100. The highest BCUT2D eigenvalue weighted by Crippen LogP contribution is 2.14. The molecule has 0 fully saturated rings. The maximum absolute atomic E-state index is 10.5. The molecule has 10 heavy (non-hydrogen) atoms. The van der Waals surface area contributed by atoms with Crippen LogP contribution in [0.2, 0.25) is 0 Å². The average molecular weight is 156 g/mol. The topological polar surface area (TPSA) is 69.1 Å². The smallest absolute Gasteiger partial charge is 0.258 e. The van der Waals surface area contributed by atoms with Crippen molar-refractivity contribution in [2.45, 2.75) is 6.54 Å². The molecule has 0 saturated heterocycles. The van der Waals surface area contributed by atoms with E-state index in [1.165, 1.54) is 11.3 Å². The maximum Gasteiger partial charge on any atom is 0.258 e. The number of amides is 1. The van der Waals surface area contributed by atoms with E-state index < -0.39 is 0 Å². The zero-order chi connectivity index (χ0) is 7.56. The van der Waals surface area contributed by atoms with Crippen LogP contribution >= 0.6 is 11.3 Å². The van der Waals surface area contributed by atoms with Crippen LogP contribution in [-0.4, -0.2) is 5.91 Å². The number of rotatable bonds is 2. The average Bonchev–Trinajstić information content (AvgIpc) is 2.34. The lowest BCUT2D eigenvalue weighted by atomic mass is 10.4. The SMILES string of the molecule is NCc1ccc(C(N)=O)s1. The van der Waals surface area contributed by atoms with Crippen LogP contribution in [0, 0.1) is 0 Å². The molecule has 54 valence electrons. The van der Waals surface area contributed by atoms with Crippen molar-refractivity contribution in [1.29, 1.82) is 0 Å². The molecule has 4 N–H and O–H groups in total. The Balaban J connectivity index is 2.88. The van der Waals surface area contributed by atoms with E-state index in [0.717, 1.165) is 4.88 Å². The van der Waals surface area contributed by atoms with Crippen molar-refractivity contribution in [2.24, 2.45) is 11.5 Å². The van der Waals surface area contributed by atoms with E-state index in [-0.39, 0.29) is 5.91 Å². The van der Waals surface area contributed by atoms with Crippen LogP contribution < -0.4 is 11.5 Å². The molecule has 0 atom stereocenters. The Bertz CT molecular complexity index is 244. The molecule has 3 nitrogen and oxygen atoms in total. The highest BCUT2D eigenvalue weighted by molar-refractivity contribution is 7.14. The Morgan fingerprint density at radius 1 is 1.60 bits per heavy atom. The van der Waals surface area contributed by atoms with Gasteiger partial charge < -0.3 is 11.5 Å². The van der Waals surface area contributed by atoms with Crippen LogP contribution in [0.15, 0.2) is 12.1 Å². The number of hydrogen-bond acceptors (Lipinski definition) is 3. The highest BCUT2D eigenvalue weighted by Gasteiger charge is 2.02. The first kappa shape index (κ1) is 7.24. The standard InChI is InChI=1S/C6H8N2OS/c7-3-4-1-2-5(10-4)6(8)9/h1-2H,3,7H2,(H2,8,9). The predicted molar refractivity (Wildman–Crippen MR) is 40.7 cm³/mol. The zero-order valence-corrected chi connectivity index (χ0v) is 6.15. The molecule has 0 aliphatic rings. The lowest BCUT2D eigenvalue weighted by Crippen LogP contribution is -2.08. The number of carbonyl (C=O) groups is 1. The Labute approximate surface area is 62.6 Å². The largest absolute Gasteiger partial charge is 0.365 e. The quantitative estimate of drug-likeness (QED) is 0.646. The molecule has 0 saturated carbocycles. The summed E-state index contributed by atoms with van der Waals surface area (Å²) < 4.78 is 0. The first-order valence-corrected chi connectivity index (χ1v) is 3.64. The molecule has 0 aromatic carbocycles. The maximum atomic E-state index is 10.5. The van der Waals surface area contributed by atoms with Gasteiger partial charge in [0.15, 0.2) is 0 Å². The van der Waals surface area contributed by atoms with Gasteiger partial charge in [-0.3, -0.25) is 4.79 Å². The summed E-state index contributed by atoms with van der Waals surface area (Å²) >= 11 is 1.34. The molecule has 1 rings (SSSR count). The molecule has 0 unspecified atom stereocenters. The first-order valence-electron chi connectivity index (χ1n) is 2.82. The van der Waals surface area contributed by atoms with Crippen LogP contribution in [0.25, 0.3) is 0 Å². The Morgan fingerprint density at radius 3 is 2.60 bits per heavy atom. The molecule has 0 aliphatic carbocycles. The summed E-state index contributed by atoms with van der Waals surface area (Å²) in [5.41, 5.74) is 10.3. The van der Waals surface area contributed by atoms with Crippen molar-refractivity contribution in [3.05, 3.63) is 21.9 Å². The third-order valence-electron chi connectivity index (χ3n) is 1.11. The van der Waals surface area contributed by atoms with E-state index in [1.807, 2.05) is 6.07 Å². The van der Waals surface area contributed by atoms with Crippen LogP contribution in [0.1, 0.15) is 14.5 Å². The molecular weight excluding hydrogens is 148 g/mol. The van der Waals surface area contributed by atoms with Gasteiger partial charge in [0.1, 0.15) is 0 Å². The van der Waals surface area contributed by atoms with Gasteiger partial charge in [0.25, 0.3) is 5.91 Å². The second kappa shape index (κ2) is 2.81. The molecule has 1 aromatic heterocycles. The summed E-state index contributed by atoms with van der Waals surface area (Å²) in [5.74, 6) is -0.385. The number of primary amides is 1. The van der Waals surface area contributed by atoms with Crippen molar-refractivity contribution >= 4 is 17.2 Å². The molecule has 0 radical (unpaired) electrons. The fourth-order valence-electron chi connectivity index (χ4n) is 0.620. The van der Waals surface area contributed by atoms with Gasteiger partial charge in [-0.05, 0) is 12.1 Å². The minimum atomic E-state index is -0.385. The second-order valence-electron chi connectivity index (χ2n) is 1.83. The predicted octanol–water partition coefficient (Wildman–Crippen LogP) is 0.306. The molecule has 0 bridgehead atoms. The fraction of sp³-hybridized carbons (Fsp3) is 0.167. The van der Waals surface area contributed by atoms with Crippen molar-refractivity contribution in [2.75, 3.05) is 0 Å². The number of hydrogen-bond donors (Lipinski definition) is 2. The normalized spacial score (nSPS) is 9.70. The third kappa shape index (κ3) is 1.34. The monoisotopic (exact) mass is 156 g/mol. The van der Waals surface area contributed by atoms with E-state index >= 15 is 0 Å². The van der Waals surface area contributed by atoms with Gasteiger partial charge in [0.05, 0.1) is 4.88 Å². The van der Waals surface area contributed by atoms with Gasteiger partial charge in [-0.15, -0.1) is 11.3 Å². The van der Waals surface area contributed by atoms with E-state index in [0.29, 0.717) is 11.4 Å². The Morgan fingerprint density at radius 2 is 2.30 bits per heavy atom. The fourth-order valence-corrected chi connectivity index (χ4v) is 1.36. The highest BCUT2D eigenvalue weighted by atomic mass is 32.1. The number of carbonyl (C=O) groups excluding carboxylic acids is 1. The van der Waals surface area contributed by atoms with Crippen molar-refractivity contribution in [1.82, 2.24) is 0 Å². The molecular formula is C6H8N2OS. The minimum Gasteiger partial charge on any atom is -0.365 e. The number of nitrogens with two attached hydrogens (primary N) is 2. The third-order valence-corrected chi connectivity index (χ3v) is 2.23. The Hall–Kier alpha value is -0.870. The Kier molecular flexibility index (Phi) is 2.03. The van der Waals surface area contributed by atoms with Crippen molar-refractivity contribution < 1.29 is 4.79 Å². The van der Waals surface area contributed by atoms with Crippen LogP contribution in [0.3, 0.4) is 0 Å². The summed E-state index contributed by atoms with van der Waals surface area (Å²) in [6, 6.07) is 3.50.